The van der Waals surface area contributed by atoms with Crippen LogP contribution < -0.4 is 5.32 Å². The lowest BCUT2D eigenvalue weighted by atomic mass is 10.1. The zero-order chi connectivity index (χ0) is 25.1. The Labute approximate surface area is 210 Å². The summed E-state index contributed by atoms with van der Waals surface area (Å²) in [7, 11) is -4.61. The molecule has 3 N–H and O–H groups in total. The number of benzene rings is 1. The Balaban J connectivity index is 2.19. The Kier molecular flexibility index (Phi) is 17.3. The molecule has 0 aliphatic rings. The van der Waals surface area contributed by atoms with E-state index in [4.69, 9.17) is 21.4 Å². The van der Waals surface area contributed by atoms with Crippen molar-refractivity contribution in [3.8, 4) is 0 Å². The molecule has 34 heavy (non-hydrogen) atoms. The monoisotopic (exact) mass is 515 g/mol. The van der Waals surface area contributed by atoms with Gasteiger partial charge in [0.05, 0.1) is 12.6 Å². The molecule has 1 rings (SSSR count). The van der Waals surface area contributed by atoms with E-state index >= 15 is 0 Å². The van der Waals surface area contributed by atoms with Crippen LogP contribution in [0.3, 0.4) is 0 Å². The maximum Gasteiger partial charge on any atom is 0.469 e. The SMILES string of the molecule is CCCCCCCC/C=C\CCCCCCC(=O)N[C@H](COP(=O)(O)O)Cc1ccc(Cl)cc1. The lowest BCUT2D eigenvalue weighted by Crippen LogP contribution is -2.39. The highest BCUT2D eigenvalue weighted by Gasteiger charge is 2.20. The summed E-state index contributed by atoms with van der Waals surface area (Å²) in [6.07, 6.45) is 19.6. The fourth-order valence-corrected chi connectivity index (χ4v) is 4.22. The molecule has 0 saturated carbocycles. The number of rotatable bonds is 20. The van der Waals surface area contributed by atoms with Gasteiger partial charge in [-0.2, -0.15) is 0 Å². The Hall–Kier alpha value is -1.17. The van der Waals surface area contributed by atoms with Crippen molar-refractivity contribution in [2.45, 2.75) is 103 Å². The molecule has 0 saturated heterocycles. The third-order valence-electron chi connectivity index (χ3n) is 5.62. The van der Waals surface area contributed by atoms with Crippen molar-refractivity contribution in [2.24, 2.45) is 0 Å². The number of carbonyl (C=O) groups is 1. The van der Waals surface area contributed by atoms with Gasteiger partial charge in [-0.25, -0.2) is 4.57 Å². The van der Waals surface area contributed by atoms with Gasteiger partial charge >= 0.3 is 7.82 Å². The van der Waals surface area contributed by atoms with Crippen molar-refractivity contribution in [3.63, 3.8) is 0 Å². The molecule has 8 heteroatoms. The number of halogens is 1. The van der Waals surface area contributed by atoms with Gasteiger partial charge in [0, 0.05) is 11.4 Å². The molecule has 0 radical (unpaired) electrons. The van der Waals surface area contributed by atoms with Crippen LogP contribution in [0.2, 0.25) is 5.02 Å². The summed E-state index contributed by atoms with van der Waals surface area (Å²) in [5, 5.41) is 3.45. The topological polar surface area (TPSA) is 95.9 Å². The van der Waals surface area contributed by atoms with Gasteiger partial charge in [-0.1, -0.05) is 87.8 Å². The maximum absolute atomic E-state index is 12.3. The van der Waals surface area contributed by atoms with Gasteiger partial charge in [0.15, 0.2) is 0 Å². The molecule has 0 unspecified atom stereocenters. The molecule has 0 aliphatic carbocycles. The van der Waals surface area contributed by atoms with Crippen molar-refractivity contribution < 1.29 is 23.7 Å². The highest BCUT2D eigenvalue weighted by atomic mass is 35.5. The number of allylic oxidation sites excluding steroid dienone is 2. The lowest BCUT2D eigenvalue weighted by Gasteiger charge is -2.19. The van der Waals surface area contributed by atoms with Crippen molar-refractivity contribution in [3.05, 3.63) is 47.0 Å². The molecule has 6 nitrogen and oxygen atoms in total. The number of amides is 1. The second-order valence-corrected chi connectivity index (χ2v) is 10.5. The molecule has 194 valence electrons. The minimum Gasteiger partial charge on any atom is -0.351 e. The first kappa shape index (κ1) is 30.9. The standard InChI is InChI=1S/C26H43ClNO5P/c1-2-3-4-5-6-7-8-9-10-11-12-13-14-15-16-26(29)28-25(22-33-34(30,31)32)21-23-17-19-24(27)20-18-23/h9-10,17-20,25H,2-8,11-16,21-22H2,1H3,(H,28,29)(H2,30,31,32)/b10-9-/t25-/m0/s1. The van der Waals surface area contributed by atoms with Crippen molar-refractivity contribution >= 4 is 25.3 Å². The minimum atomic E-state index is -4.61. The Bertz CT molecular complexity index is 735. The fraction of sp³-hybridized carbons (Fsp3) is 0.654. The van der Waals surface area contributed by atoms with E-state index in [-0.39, 0.29) is 12.5 Å². The van der Waals surface area contributed by atoms with Gasteiger partial charge in [-0.15, -0.1) is 0 Å². The van der Waals surface area contributed by atoms with Crippen LogP contribution in [0.1, 0.15) is 96.0 Å². The zero-order valence-electron chi connectivity index (χ0n) is 20.6. The molecule has 0 bridgehead atoms. The van der Waals surface area contributed by atoms with Gasteiger partial charge in [-0.3, -0.25) is 9.32 Å². The molecule has 0 fully saturated rings. The summed E-state index contributed by atoms with van der Waals surface area (Å²) < 4.78 is 15.7. The third-order valence-corrected chi connectivity index (χ3v) is 6.36. The number of carbonyl (C=O) groups excluding carboxylic acids is 1. The van der Waals surface area contributed by atoms with Crippen LogP contribution in [0, 0.1) is 0 Å². The summed E-state index contributed by atoms with van der Waals surface area (Å²) in [6, 6.07) is 6.59. The first-order chi connectivity index (χ1) is 16.3. The van der Waals surface area contributed by atoms with E-state index in [0.29, 0.717) is 17.9 Å². The summed E-state index contributed by atoms with van der Waals surface area (Å²) in [4.78, 5) is 30.4. The number of hydrogen-bond donors (Lipinski definition) is 3. The van der Waals surface area contributed by atoms with Crippen LogP contribution >= 0.6 is 19.4 Å². The second kappa shape index (κ2) is 19.1. The van der Waals surface area contributed by atoms with E-state index in [0.717, 1.165) is 37.7 Å². The van der Waals surface area contributed by atoms with Gasteiger partial charge in [0.1, 0.15) is 0 Å². The van der Waals surface area contributed by atoms with Crippen LogP contribution in [0.15, 0.2) is 36.4 Å². The normalized spacial score (nSPS) is 12.8. The molecule has 1 atom stereocenters. The van der Waals surface area contributed by atoms with Gasteiger partial charge < -0.3 is 15.1 Å². The highest BCUT2D eigenvalue weighted by Crippen LogP contribution is 2.35. The summed E-state index contributed by atoms with van der Waals surface area (Å²) in [5.74, 6) is -0.132. The molecule has 0 aromatic heterocycles. The van der Waals surface area contributed by atoms with Gasteiger partial charge in [-0.05, 0) is 56.2 Å². The number of nitrogens with one attached hydrogen (secondary N) is 1. The second-order valence-electron chi connectivity index (χ2n) is 8.86. The molecule has 1 aromatic rings. The highest BCUT2D eigenvalue weighted by molar-refractivity contribution is 7.46. The summed E-state index contributed by atoms with van der Waals surface area (Å²) in [6.45, 7) is 1.98. The molecule has 0 spiro atoms. The van der Waals surface area contributed by atoms with E-state index < -0.39 is 13.9 Å². The van der Waals surface area contributed by atoms with E-state index in [1.165, 1.54) is 44.9 Å². The fourth-order valence-electron chi connectivity index (χ4n) is 3.72. The Morgan fingerprint density at radius 3 is 2.12 bits per heavy atom. The van der Waals surface area contributed by atoms with Crippen LogP contribution in [0.4, 0.5) is 0 Å². The van der Waals surface area contributed by atoms with Crippen molar-refractivity contribution in [2.75, 3.05) is 6.61 Å². The van der Waals surface area contributed by atoms with Gasteiger partial charge in [0.2, 0.25) is 5.91 Å². The number of phosphoric acid groups is 1. The molecular formula is C26H43ClNO5P. The largest absolute Gasteiger partial charge is 0.469 e. The van der Waals surface area contributed by atoms with Crippen molar-refractivity contribution in [1.82, 2.24) is 5.32 Å². The molecule has 0 aliphatic heterocycles. The van der Waals surface area contributed by atoms with E-state index in [9.17, 15) is 9.36 Å². The Morgan fingerprint density at radius 1 is 0.971 bits per heavy atom. The van der Waals surface area contributed by atoms with Crippen LogP contribution in [-0.2, 0) is 20.3 Å². The molecule has 1 amide bonds. The average molecular weight is 516 g/mol. The summed E-state index contributed by atoms with van der Waals surface area (Å²) >= 11 is 5.90. The number of phosphoric ester groups is 1. The van der Waals surface area contributed by atoms with E-state index in [2.05, 4.69) is 28.9 Å². The Morgan fingerprint density at radius 2 is 1.53 bits per heavy atom. The van der Waals surface area contributed by atoms with Crippen LogP contribution in [0.5, 0.6) is 0 Å². The van der Waals surface area contributed by atoms with Crippen LogP contribution in [0.25, 0.3) is 0 Å². The van der Waals surface area contributed by atoms with E-state index in [1.807, 2.05) is 12.1 Å². The maximum atomic E-state index is 12.3. The first-order valence-electron chi connectivity index (χ1n) is 12.7. The smallest absolute Gasteiger partial charge is 0.351 e. The first-order valence-corrected chi connectivity index (χ1v) is 14.6. The molecule has 1 aromatic carbocycles. The van der Waals surface area contributed by atoms with Gasteiger partial charge in [0.25, 0.3) is 0 Å². The third kappa shape index (κ3) is 18.2. The average Bonchev–Trinajstić information content (AvgIpc) is 2.78. The zero-order valence-corrected chi connectivity index (χ0v) is 22.2. The molecule has 0 heterocycles. The predicted octanol–water partition coefficient (Wildman–Crippen LogP) is 7.12. The lowest BCUT2D eigenvalue weighted by molar-refractivity contribution is -0.122. The molecular weight excluding hydrogens is 473 g/mol. The number of hydrogen-bond acceptors (Lipinski definition) is 3. The van der Waals surface area contributed by atoms with E-state index in [1.54, 1.807) is 12.1 Å². The quantitative estimate of drug-likeness (QED) is 0.0975. The van der Waals surface area contributed by atoms with Crippen molar-refractivity contribution in [1.29, 1.82) is 0 Å². The predicted molar refractivity (Wildman–Crippen MR) is 140 cm³/mol. The summed E-state index contributed by atoms with van der Waals surface area (Å²) in [5.41, 5.74) is 0.897. The van der Waals surface area contributed by atoms with Crippen LogP contribution in [-0.4, -0.2) is 28.3 Å². The minimum absolute atomic E-state index is 0.132. The number of unbranched alkanes of at least 4 members (excludes halogenated alkanes) is 10.